The summed E-state index contributed by atoms with van der Waals surface area (Å²) in [5.74, 6) is -2.00. The molecule has 1 rings (SSSR count). The Hall–Kier alpha value is -2.16. The normalized spacial score (nSPS) is 14.4. The van der Waals surface area contributed by atoms with Crippen molar-refractivity contribution in [3.05, 3.63) is 29.3 Å². The Morgan fingerprint density at radius 1 is 1.17 bits per heavy atom. The molecule has 2 amide bonds. The van der Waals surface area contributed by atoms with Crippen LogP contribution in [0.3, 0.4) is 0 Å². The van der Waals surface area contributed by atoms with Gasteiger partial charge in [0, 0.05) is 24.4 Å². The first kappa shape index (κ1) is 25.9. The number of likely N-dealkylation sites (N-methyl/N-ethyl adjacent to an activating group) is 1. The molecule has 8 nitrogen and oxygen atoms in total. The van der Waals surface area contributed by atoms with E-state index in [0.717, 1.165) is 0 Å². The van der Waals surface area contributed by atoms with Crippen LogP contribution in [0, 0.1) is 11.3 Å². The molecule has 168 valence electrons. The summed E-state index contributed by atoms with van der Waals surface area (Å²) >= 11 is 5.84. The van der Waals surface area contributed by atoms with Crippen molar-refractivity contribution in [2.45, 2.75) is 52.0 Å². The van der Waals surface area contributed by atoms with Crippen LogP contribution in [0.2, 0.25) is 5.02 Å². The van der Waals surface area contributed by atoms with Crippen molar-refractivity contribution >= 4 is 29.2 Å². The summed E-state index contributed by atoms with van der Waals surface area (Å²) in [4.78, 5) is 37.5. The lowest BCUT2D eigenvalue weighted by molar-refractivity contribution is -0.145. The van der Waals surface area contributed by atoms with Crippen LogP contribution >= 0.6 is 11.6 Å². The van der Waals surface area contributed by atoms with Crippen molar-refractivity contribution in [1.82, 2.24) is 10.8 Å². The van der Waals surface area contributed by atoms with Crippen molar-refractivity contribution < 1.29 is 24.3 Å². The number of rotatable bonds is 11. The summed E-state index contributed by atoms with van der Waals surface area (Å²) in [7, 11) is 1.41. The van der Waals surface area contributed by atoms with Crippen molar-refractivity contribution in [2.24, 2.45) is 17.1 Å². The number of hydrogen-bond donors (Lipinski definition) is 4. The van der Waals surface area contributed by atoms with Gasteiger partial charge in [0.05, 0.1) is 6.61 Å². The maximum Gasteiger partial charge on any atom is 0.248 e. The van der Waals surface area contributed by atoms with Gasteiger partial charge in [-0.25, -0.2) is 5.48 Å². The number of ether oxygens (including phenoxy) is 1. The first-order valence-corrected chi connectivity index (χ1v) is 10.2. The third kappa shape index (κ3) is 6.68. The number of carbonyl (C=O) groups is 3. The fourth-order valence-corrected chi connectivity index (χ4v) is 3.28. The number of halogens is 1. The van der Waals surface area contributed by atoms with E-state index in [1.807, 2.05) is 0 Å². The molecule has 0 spiro atoms. The second kappa shape index (κ2) is 11.3. The van der Waals surface area contributed by atoms with Gasteiger partial charge in [-0.1, -0.05) is 32.4 Å². The number of hydroxylamine groups is 1. The quantitative estimate of drug-likeness (QED) is 0.180. The minimum Gasteiger partial charge on any atom is -0.494 e. The predicted molar refractivity (Wildman–Crippen MR) is 114 cm³/mol. The minimum atomic E-state index is -1.82. The van der Waals surface area contributed by atoms with Crippen LogP contribution in [0.1, 0.15) is 46.5 Å². The van der Waals surface area contributed by atoms with Crippen molar-refractivity contribution in [3.8, 4) is 5.75 Å². The van der Waals surface area contributed by atoms with Crippen LogP contribution in [0.25, 0.3) is 0 Å². The van der Waals surface area contributed by atoms with E-state index in [0.29, 0.717) is 36.6 Å². The molecule has 0 aliphatic carbocycles. The van der Waals surface area contributed by atoms with E-state index < -0.39 is 34.5 Å². The molecule has 0 bridgehead atoms. The Morgan fingerprint density at radius 2 is 1.77 bits per heavy atom. The Morgan fingerprint density at radius 3 is 2.27 bits per heavy atom. The molecule has 0 saturated carbocycles. The van der Waals surface area contributed by atoms with Gasteiger partial charge in [-0.15, -0.1) is 0 Å². The van der Waals surface area contributed by atoms with Crippen LogP contribution in [-0.2, 0) is 14.4 Å². The van der Waals surface area contributed by atoms with E-state index in [1.54, 1.807) is 50.5 Å². The zero-order valence-electron chi connectivity index (χ0n) is 18.0. The Labute approximate surface area is 182 Å². The lowest BCUT2D eigenvalue weighted by Crippen LogP contribution is -2.68. The largest absolute Gasteiger partial charge is 0.494 e. The van der Waals surface area contributed by atoms with Crippen LogP contribution < -0.4 is 21.3 Å². The van der Waals surface area contributed by atoms with Crippen LogP contribution in [0.4, 0.5) is 0 Å². The van der Waals surface area contributed by atoms with Crippen molar-refractivity contribution in [2.75, 3.05) is 13.7 Å². The first-order valence-electron chi connectivity index (χ1n) is 9.84. The number of nitrogens with one attached hydrogen (secondary N) is 2. The molecule has 2 atom stereocenters. The predicted octanol–water partition coefficient (Wildman–Crippen LogP) is 2.46. The molecule has 0 aliphatic rings. The van der Waals surface area contributed by atoms with Gasteiger partial charge < -0.3 is 15.8 Å². The van der Waals surface area contributed by atoms with Gasteiger partial charge in [0.1, 0.15) is 5.75 Å². The molecule has 1 aromatic rings. The average Bonchev–Trinajstić information content (AvgIpc) is 2.71. The SMILES string of the molecule is CNC(=O)C(N)(C(=O)[C@H](CCCCOc1ccc(Cl)cc1)CC(=O)NO)C(C)(C)C. The molecular formula is C21H32ClN3O5. The van der Waals surface area contributed by atoms with Gasteiger partial charge in [-0.2, -0.15) is 0 Å². The molecule has 0 aliphatic heterocycles. The highest BCUT2D eigenvalue weighted by Gasteiger charge is 2.52. The van der Waals surface area contributed by atoms with Crippen LogP contribution in [0.5, 0.6) is 5.75 Å². The van der Waals surface area contributed by atoms with Gasteiger partial charge in [0.25, 0.3) is 0 Å². The van der Waals surface area contributed by atoms with Gasteiger partial charge in [0.2, 0.25) is 11.8 Å². The van der Waals surface area contributed by atoms with Gasteiger partial charge >= 0.3 is 0 Å². The number of ketones is 1. The van der Waals surface area contributed by atoms with E-state index in [1.165, 1.54) is 7.05 Å². The third-order valence-electron chi connectivity index (χ3n) is 5.11. The Bertz CT molecular complexity index is 733. The monoisotopic (exact) mass is 441 g/mol. The highest BCUT2D eigenvalue weighted by molar-refractivity contribution is 6.30. The molecule has 1 aromatic carbocycles. The Balaban J connectivity index is 2.82. The topological polar surface area (TPSA) is 131 Å². The second-order valence-electron chi connectivity index (χ2n) is 8.24. The first-order chi connectivity index (χ1) is 14.0. The summed E-state index contributed by atoms with van der Waals surface area (Å²) in [5.41, 5.74) is 5.16. The van der Waals surface area contributed by atoms with Crippen molar-refractivity contribution in [3.63, 3.8) is 0 Å². The van der Waals surface area contributed by atoms with Crippen LogP contribution in [0.15, 0.2) is 24.3 Å². The lowest BCUT2D eigenvalue weighted by atomic mass is 9.67. The zero-order valence-corrected chi connectivity index (χ0v) is 18.7. The molecule has 0 aromatic heterocycles. The van der Waals surface area contributed by atoms with E-state index in [9.17, 15) is 14.4 Å². The smallest absolute Gasteiger partial charge is 0.248 e. The summed E-state index contributed by atoms with van der Waals surface area (Å²) in [5, 5.41) is 12.0. The van der Waals surface area contributed by atoms with Crippen molar-refractivity contribution in [1.29, 1.82) is 0 Å². The molecule has 5 N–H and O–H groups in total. The number of amides is 2. The number of Topliss-reactive ketones (excluding diaryl/α,β-unsaturated/α-hetero) is 1. The summed E-state index contributed by atoms with van der Waals surface area (Å²) in [6.45, 7) is 5.51. The zero-order chi connectivity index (χ0) is 22.9. The summed E-state index contributed by atoms with van der Waals surface area (Å²) in [6, 6.07) is 6.97. The standard InChI is InChI=1S/C21H32ClN3O5/c1-20(2,3)21(23,19(28)24-4)18(27)14(13-17(26)25-29)7-5-6-12-30-16-10-8-15(22)9-11-16/h8-11,14,29H,5-7,12-13,23H2,1-4H3,(H,24,28)(H,25,26)/t14-,21?/m1/s1. The minimum absolute atomic E-state index is 0.264. The average molecular weight is 442 g/mol. The number of hydrogen-bond acceptors (Lipinski definition) is 6. The van der Waals surface area contributed by atoms with E-state index in [-0.39, 0.29) is 6.42 Å². The number of nitrogens with two attached hydrogens (primary N) is 1. The molecule has 9 heteroatoms. The molecule has 0 heterocycles. The highest BCUT2D eigenvalue weighted by atomic mass is 35.5. The number of unbranched alkanes of at least 4 members (excludes halogenated alkanes) is 1. The molecular weight excluding hydrogens is 410 g/mol. The third-order valence-corrected chi connectivity index (χ3v) is 5.37. The maximum atomic E-state index is 13.3. The lowest BCUT2D eigenvalue weighted by Gasteiger charge is -2.40. The van der Waals surface area contributed by atoms with Gasteiger partial charge in [0.15, 0.2) is 11.3 Å². The van der Waals surface area contributed by atoms with E-state index in [4.69, 9.17) is 27.3 Å². The molecule has 0 saturated heterocycles. The summed E-state index contributed by atoms with van der Waals surface area (Å²) in [6.07, 6.45) is 1.25. The Kier molecular flexibility index (Phi) is 9.74. The van der Waals surface area contributed by atoms with Gasteiger partial charge in [-0.3, -0.25) is 19.6 Å². The maximum absolute atomic E-state index is 13.3. The highest BCUT2D eigenvalue weighted by Crippen LogP contribution is 2.33. The fraction of sp³-hybridized carbons (Fsp3) is 0.571. The summed E-state index contributed by atoms with van der Waals surface area (Å²) < 4.78 is 5.63. The molecule has 0 radical (unpaired) electrons. The van der Waals surface area contributed by atoms with Crippen LogP contribution in [-0.4, -0.2) is 42.0 Å². The van der Waals surface area contributed by atoms with E-state index >= 15 is 0 Å². The molecule has 0 fully saturated rings. The molecule has 1 unspecified atom stereocenters. The van der Waals surface area contributed by atoms with Gasteiger partial charge in [-0.05, 0) is 48.9 Å². The number of carbonyl (C=O) groups excluding carboxylic acids is 3. The number of benzene rings is 1. The molecule has 30 heavy (non-hydrogen) atoms. The fourth-order valence-electron chi connectivity index (χ4n) is 3.15. The van der Waals surface area contributed by atoms with E-state index in [2.05, 4.69) is 5.32 Å². The second-order valence-corrected chi connectivity index (χ2v) is 8.67.